The molecule has 1 N–H and O–H groups in total. The molecule has 104 valence electrons. The predicted octanol–water partition coefficient (Wildman–Crippen LogP) is 2.21. The van der Waals surface area contributed by atoms with E-state index in [1.165, 1.54) is 32.2 Å². The van der Waals surface area contributed by atoms with Crippen molar-refractivity contribution in [1.29, 1.82) is 0 Å². The quantitative estimate of drug-likeness (QED) is 0.836. The molecular weight excluding hydrogens is 226 g/mol. The van der Waals surface area contributed by atoms with Crippen molar-refractivity contribution in [1.82, 2.24) is 5.32 Å². The average molecular weight is 253 g/mol. The Morgan fingerprint density at radius 1 is 1.11 bits per heavy atom. The standard InChI is InChI=1S/C15H27NO2/c1-16-11-13-2-3-14(13)12-4-7-18-15(10-12)5-8-17-9-6-15/h12-14,16H,2-11H2,1H3. The van der Waals surface area contributed by atoms with Crippen LogP contribution in [0.15, 0.2) is 0 Å². The minimum absolute atomic E-state index is 0.181. The lowest BCUT2D eigenvalue weighted by molar-refractivity contribution is -0.160. The summed E-state index contributed by atoms with van der Waals surface area (Å²) in [5.74, 6) is 2.79. The van der Waals surface area contributed by atoms with Gasteiger partial charge < -0.3 is 14.8 Å². The van der Waals surface area contributed by atoms with Gasteiger partial charge in [0, 0.05) is 19.8 Å². The van der Waals surface area contributed by atoms with Crippen molar-refractivity contribution in [3.63, 3.8) is 0 Å². The van der Waals surface area contributed by atoms with E-state index >= 15 is 0 Å². The van der Waals surface area contributed by atoms with E-state index < -0.39 is 0 Å². The summed E-state index contributed by atoms with van der Waals surface area (Å²) in [5, 5.41) is 3.36. The number of rotatable bonds is 3. The van der Waals surface area contributed by atoms with Gasteiger partial charge in [-0.3, -0.25) is 0 Å². The zero-order chi connectivity index (χ0) is 12.4. The van der Waals surface area contributed by atoms with Crippen molar-refractivity contribution < 1.29 is 9.47 Å². The van der Waals surface area contributed by atoms with Crippen LogP contribution in [0.4, 0.5) is 0 Å². The van der Waals surface area contributed by atoms with Crippen LogP contribution in [0.25, 0.3) is 0 Å². The van der Waals surface area contributed by atoms with Crippen LogP contribution in [0.3, 0.4) is 0 Å². The van der Waals surface area contributed by atoms with Crippen LogP contribution in [-0.2, 0) is 9.47 Å². The molecule has 2 saturated heterocycles. The third kappa shape index (κ3) is 2.45. The summed E-state index contributed by atoms with van der Waals surface area (Å²) in [6.45, 7) is 3.99. The first-order valence-corrected chi connectivity index (χ1v) is 7.69. The van der Waals surface area contributed by atoms with Crippen LogP contribution in [0, 0.1) is 17.8 Å². The van der Waals surface area contributed by atoms with Crippen molar-refractivity contribution >= 4 is 0 Å². The van der Waals surface area contributed by atoms with Gasteiger partial charge in [0.2, 0.25) is 0 Å². The van der Waals surface area contributed by atoms with Crippen LogP contribution in [0.2, 0.25) is 0 Å². The van der Waals surface area contributed by atoms with Crippen LogP contribution in [0.1, 0.15) is 38.5 Å². The maximum Gasteiger partial charge on any atom is 0.0729 e. The molecule has 3 heteroatoms. The third-order valence-corrected chi connectivity index (χ3v) is 5.48. The molecule has 18 heavy (non-hydrogen) atoms. The summed E-state index contributed by atoms with van der Waals surface area (Å²) < 4.78 is 11.7. The molecule has 2 heterocycles. The summed E-state index contributed by atoms with van der Waals surface area (Å²) in [6.07, 6.45) is 7.69. The highest BCUT2D eigenvalue weighted by molar-refractivity contribution is 4.95. The fourth-order valence-corrected chi connectivity index (χ4v) is 4.25. The van der Waals surface area contributed by atoms with Crippen LogP contribution in [-0.4, -0.2) is 39.0 Å². The van der Waals surface area contributed by atoms with Gasteiger partial charge in [-0.25, -0.2) is 0 Å². The maximum atomic E-state index is 6.15. The minimum atomic E-state index is 0.181. The fourth-order valence-electron chi connectivity index (χ4n) is 4.25. The second-order valence-electron chi connectivity index (χ2n) is 6.46. The highest BCUT2D eigenvalue weighted by Crippen LogP contribution is 2.47. The first-order valence-electron chi connectivity index (χ1n) is 7.69. The molecule has 0 aromatic rings. The van der Waals surface area contributed by atoms with E-state index in [-0.39, 0.29) is 5.60 Å². The summed E-state index contributed by atoms with van der Waals surface area (Å²) in [7, 11) is 2.08. The van der Waals surface area contributed by atoms with E-state index in [1.807, 2.05) is 0 Å². The fraction of sp³-hybridized carbons (Fsp3) is 1.00. The minimum Gasteiger partial charge on any atom is -0.381 e. The van der Waals surface area contributed by atoms with Gasteiger partial charge in [-0.05, 0) is 69.9 Å². The molecule has 0 aromatic carbocycles. The first kappa shape index (κ1) is 12.9. The van der Waals surface area contributed by atoms with E-state index in [4.69, 9.17) is 9.47 Å². The molecule has 1 aliphatic carbocycles. The number of ether oxygens (including phenoxy) is 2. The normalized spacial score (nSPS) is 39.5. The molecule has 3 nitrogen and oxygen atoms in total. The molecule has 3 rings (SSSR count). The Balaban J connectivity index is 1.59. The molecule has 3 unspecified atom stereocenters. The zero-order valence-electron chi connectivity index (χ0n) is 11.6. The van der Waals surface area contributed by atoms with Gasteiger partial charge in [0.05, 0.1) is 5.60 Å². The van der Waals surface area contributed by atoms with E-state index in [0.29, 0.717) is 0 Å². The van der Waals surface area contributed by atoms with Crippen molar-refractivity contribution in [2.75, 3.05) is 33.4 Å². The van der Waals surface area contributed by atoms with Gasteiger partial charge in [-0.1, -0.05) is 0 Å². The lowest BCUT2D eigenvalue weighted by Crippen LogP contribution is -2.49. The Labute approximate surface area is 111 Å². The third-order valence-electron chi connectivity index (χ3n) is 5.48. The lowest BCUT2D eigenvalue weighted by atomic mass is 9.62. The maximum absolute atomic E-state index is 6.15. The highest BCUT2D eigenvalue weighted by Gasteiger charge is 2.44. The van der Waals surface area contributed by atoms with Gasteiger partial charge >= 0.3 is 0 Å². The molecule has 0 bridgehead atoms. The molecule has 3 atom stereocenters. The van der Waals surface area contributed by atoms with Crippen molar-refractivity contribution in [2.24, 2.45) is 17.8 Å². The van der Waals surface area contributed by atoms with Crippen LogP contribution < -0.4 is 5.32 Å². The van der Waals surface area contributed by atoms with Gasteiger partial charge in [0.25, 0.3) is 0 Å². The van der Waals surface area contributed by atoms with Crippen molar-refractivity contribution in [2.45, 2.75) is 44.1 Å². The SMILES string of the molecule is CNCC1CCC1C1CCOC2(CCOCC2)C1. The number of hydrogen-bond acceptors (Lipinski definition) is 3. The molecule has 0 aromatic heterocycles. The molecular formula is C15H27NO2. The smallest absolute Gasteiger partial charge is 0.0729 e. The van der Waals surface area contributed by atoms with E-state index in [2.05, 4.69) is 12.4 Å². The molecule has 2 aliphatic heterocycles. The Morgan fingerprint density at radius 3 is 2.61 bits per heavy atom. The Hall–Kier alpha value is -0.120. The molecule has 0 amide bonds. The summed E-state index contributed by atoms with van der Waals surface area (Å²) in [6, 6.07) is 0. The van der Waals surface area contributed by atoms with E-state index in [9.17, 15) is 0 Å². The van der Waals surface area contributed by atoms with Crippen LogP contribution in [0.5, 0.6) is 0 Å². The molecule has 0 radical (unpaired) electrons. The lowest BCUT2D eigenvalue weighted by Gasteiger charge is -2.50. The predicted molar refractivity (Wildman–Crippen MR) is 71.6 cm³/mol. The molecule has 3 aliphatic rings. The Morgan fingerprint density at radius 2 is 1.94 bits per heavy atom. The second-order valence-corrected chi connectivity index (χ2v) is 6.46. The van der Waals surface area contributed by atoms with Crippen LogP contribution >= 0.6 is 0 Å². The van der Waals surface area contributed by atoms with Gasteiger partial charge in [-0.2, -0.15) is 0 Å². The first-order chi connectivity index (χ1) is 8.83. The van der Waals surface area contributed by atoms with Gasteiger partial charge in [0.15, 0.2) is 0 Å². The Bertz CT molecular complexity index is 270. The van der Waals surface area contributed by atoms with Gasteiger partial charge in [-0.15, -0.1) is 0 Å². The molecule has 1 saturated carbocycles. The summed E-state index contributed by atoms with van der Waals surface area (Å²) >= 11 is 0. The summed E-state index contributed by atoms with van der Waals surface area (Å²) in [4.78, 5) is 0. The molecule has 1 spiro atoms. The van der Waals surface area contributed by atoms with E-state index in [1.54, 1.807) is 0 Å². The average Bonchev–Trinajstić information content (AvgIpc) is 2.36. The molecule has 3 fully saturated rings. The largest absolute Gasteiger partial charge is 0.381 e. The monoisotopic (exact) mass is 253 g/mol. The van der Waals surface area contributed by atoms with Gasteiger partial charge in [0.1, 0.15) is 0 Å². The van der Waals surface area contributed by atoms with E-state index in [0.717, 1.165) is 50.4 Å². The second kappa shape index (κ2) is 5.48. The Kier molecular flexibility index (Phi) is 3.92. The topological polar surface area (TPSA) is 30.5 Å². The van der Waals surface area contributed by atoms with Crippen molar-refractivity contribution in [3.05, 3.63) is 0 Å². The summed E-state index contributed by atoms with van der Waals surface area (Å²) in [5.41, 5.74) is 0.181. The highest BCUT2D eigenvalue weighted by atomic mass is 16.5. The van der Waals surface area contributed by atoms with Crippen molar-refractivity contribution in [3.8, 4) is 0 Å². The number of nitrogens with one attached hydrogen (secondary N) is 1. The number of hydrogen-bond donors (Lipinski definition) is 1. The zero-order valence-corrected chi connectivity index (χ0v) is 11.6.